The van der Waals surface area contributed by atoms with Gasteiger partial charge in [-0.2, -0.15) is 18.2 Å². The molecule has 1 atom stereocenters. The van der Waals surface area contributed by atoms with Gasteiger partial charge in [0.25, 0.3) is 0 Å². The Balaban J connectivity index is 1.81. The summed E-state index contributed by atoms with van der Waals surface area (Å²) in [7, 11) is 1.53. The van der Waals surface area contributed by atoms with Gasteiger partial charge in [0.05, 0.1) is 0 Å². The number of benzene rings is 1. The quantitative estimate of drug-likeness (QED) is 0.582. The molecular formula is C18H16ClF3N4O. The number of halogens is 4. The van der Waals surface area contributed by atoms with Crippen LogP contribution >= 0.6 is 11.6 Å². The fourth-order valence-corrected chi connectivity index (χ4v) is 2.66. The lowest BCUT2D eigenvalue weighted by Crippen LogP contribution is -2.06. The SMILES string of the molecule is Cc1cnc(Cl)nc1OC(C)c1ccc(-c2nc(C(F)(F)F)cn2C)cc1. The standard InChI is InChI=1S/C18H16ClF3N4O/c1-10-8-23-17(19)25-16(10)27-11(2)12-4-6-13(7-5-12)15-24-14(9-26(15)3)18(20,21)22/h4-9,11H,1-3H3. The van der Waals surface area contributed by atoms with Crippen molar-refractivity contribution in [1.82, 2.24) is 19.5 Å². The summed E-state index contributed by atoms with van der Waals surface area (Å²) in [5.74, 6) is 0.617. The molecule has 0 saturated carbocycles. The first-order valence-corrected chi connectivity index (χ1v) is 8.39. The second-order valence-electron chi connectivity index (χ2n) is 6.07. The third-order valence-electron chi connectivity index (χ3n) is 3.99. The van der Waals surface area contributed by atoms with E-state index < -0.39 is 11.9 Å². The van der Waals surface area contributed by atoms with E-state index in [1.165, 1.54) is 11.6 Å². The molecule has 0 aliphatic rings. The van der Waals surface area contributed by atoms with Crippen LogP contribution in [0.1, 0.15) is 29.8 Å². The zero-order chi connectivity index (χ0) is 19.8. The molecule has 0 radical (unpaired) electrons. The molecule has 0 amide bonds. The molecule has 0 fully saturated rings. The van der Waals surface area contributed by atoms with Crippen LogP contribution in [-0.4, -0.2) is 19.5 Å². The normalized spacial score (nSPS) is 12.9. The maximum atomic E-state index is 12.8. The van der Waals surface area contributed by atoms with E-state index in [4.69, 9.17) is 16.3 Å². The van der Waals surface area contributed by atoms with Gasteiger partial charge in [0.2, 0.25) is 11.2 Å². The lowest BCUT2D eigenvalue weighted by atomic mass is 10.1. The molecule has 0 spiro atoms. The van der Waals surface area contributed by atoms with Crippen molar-refractivity contribution >= 4 is 11.6 Å². The van der Waals surface area contributed by atoms with Gasteiger partial charge in [-0.3, -0.25) is 0 Å². The highest BCUT2D eigenvalue weighted by molar-refractivity contribution is 6.28. The van der Waals surface area contributed by atoms with Gasteiger partial charge >= 0.3 is 6.18 Å². The summed E-state index contributed by atoms with van der Waals surface area (Å²) in [4.78, 5) is 11.6. The molecule has 1 aromatic carbocycles. The Labute approximate surface area is 158 Å². The molecule has 3 rings (SSSR count). The van der Waals surface area contributed by atoms with E-state index in [0.717, 1.165) is 17.3 Å². The van der Waals surface area contributed by atoms with E-state index in [-0.39, 0.29) is 17.2 Å². The van der Waals surface area contributed by atoms with Crippen molar-refractivity contribution in [3.8, 4) is 17.3 Å². The van der Waals surface area contributed by atoms with Crippen molar-refractivity contribution in [2.45, 2.75) is 26.1 Å². The second-order valence-corrected chi connectivity index (χ2v) is 6.41. The van der Waals surface area contributed by atoms with Crippen LogP contribution in [0.25, 0.3) is 11.4 Å². The van der Waals surface area contributed by atoms with Crippen molar-refractivity contribution in [2.75, 3.05) is 0 Å². The van der Waals surface area contributed by atoms with Gasteiger partial charge in [0, 0.05) is 30.6 Å². The number of imidazole rings is 1. The molecule has 5 nitrogen and oxygen atoms in total. The predicted molar refractivity (Wildman–Crippen MR) is 94.5 cm³/mol. The Morgan fingerprint density at radius 1 is 1.15 bits per heavy atom. The van der Waals surface area contributed by atoms with E-state index in [2.05, 4.69) is 15.0 Å². The zero-order valence-corrected chi connectivity index (χ0v) is 15.5. The highest BCUT2D eigenvalue weighted by Gasteiger charge is 2.34. The molecule has 0 bridgehead atoms. The molecular weight excluding hydrogens is 381 g/mol. The predicted octanol–water partition coefficient (Wildman–Crippen LogP) is 5.00. The van der Waals surface area contributed by atoms with Crippen molar-refractivity contribution < 1.29 is 17.9 Å². The van der Waals surface area contributed by atoms with E-state index in [9.17, 15) is 13.2 Å². The molecule has 0 saturated heterocycles. The number of ether oxygens (including phenoxy) is 1. The molecule has 2 aromatic heterocycles. The molecule has 3 aromatic rings. The molecule has 27 heavy (non-hydrogen) atoms. The average molecular weight is 397 g/mol. The van der Waals surface area contributed by atoms with E-state index in [1.54, 1.807) is 37.4 Å². The lowest BCUT2D eigenvalue weighted by Gasteiger charge is -2.16. The molecule has 142 valence electrons. The average Bonchev–Trinajstić information content (AvgIpc) is 3.00. The van der Waals surface area contributed by atoms with Crippen LogP contribution in [0.4, 0.5) is 13.2 Å². The second kappa shape index (κ2) is 7.19. The van der Waals surface area contributed by atoms with Gasteiger partial charge in [-0.1, -0.05) is 24.3 Å². The molecule has 0 aliphatic carbocycles. The summed E-state index contributed by atoms with van der Waals surface area (Å²) in [6.07, 6.45) is -2.28. The van der Waals surface area contributed by atoms with Crippen molar-refractivity contribution in [3.05, 3.63) is 58.8 Å². The minimum Gasteiger partial charge on any atom is -0.469 e. The summed E-state index contributed by atoms with van der Waals surface area (Å²) in [5, 5.41) is 0.0911. The molecule has 0 aliphatic heterocycles. The van der Waals surface area contributed by atoms with Crippen molar-refractivity contribution in [1.29, 1.82) is 0 Å². The number of aromatic nitrogens is 4. The van der Waals surface area contributed by atoms with Crippen molar-refractivity contribution in [3.63, 3.8) is 0 Å². The van der Waals surface area contributed by atoms with Crippen LogP contribution < -0.4 is 4.74 Å². The minimum atomic E-state index is -4.48. The van der Waals surface area contributed by atoms with Gasteiger partial charge in [0.15, 0.2) is 5.69 Å². The lowest BCUT2D eigenvalue weighted by molar-refractivity contribution is -0.140. The van der Waals surface area contributed by atoms with Gasteiger partial charge in [-0.05, 0) is 31.0 Å². The highest BCUT2D eigenvalue weighted by atomic mass is 35.5. The minimum absolute atomic E-state index is 0.0911. The maximum absolute atomic E-state index is 12.8. The molecule has 1 unspecified atom stereocenters. The Hall–Kier alpha value is -2.61. The molecule has 2 heterocycles. The Bertz CT molecular complexity index is 954. The summed E-state index contributed by atoms with van der Waals surface area (Å²) >= 11 is 5.79. The van der Waals surface area contributed by atoms with Crippen LogP contribution in [0, 0.1) is 6.92 Å². The zero-order valence-electron chi connectivity index (χ0n) is 14.8. The smallest absolute Gasteiger partial charge is 0.434 e. The fraction of sp³-hybridized carbons (Fsp3) is 0.278. The first kappa shape index (κ1) is 19.2. The fourth-order valence-electron chi connectivity index (χ4n) is 2.54. The third-order valence-corrected chi connectivity index (χ3v) is 4.17. The summed E-state index contributed by atoms with van der Waals surface area (Å²) in [5.41, 5.74) is 1.23. The van der Waals surface area contributed by atoms with Gasteiger partial charge in [-0.25, -0.2) is 9.97 Å². The Kier molecular flexibility index (Phi) is 5.10. The van der Waals surface area contributed by atoms with Crippen LogP contribution in [-0.2, 0) is 13.2 Å². The number of aryl methyl sites for hydroxylation is 2. The summed E-state index contributed by atoms with van der Waals surface area (Å²) in [6.45, 7) is 3.65. The molecule has 9 heteroatoms. The number of hydrogen-bond acceptors (Lipinski definition) is 4. The first-order chi connectivity index (χ1) is 12.6. The van der Waals surface area contributed by atoms with Crippen LogP contribution in [0.15, 0.2) is 36.7 Å². The Morgan fingerprint density at radius 3 is 2.41 bits per heavy atom. The van der Waals surface area contributed by atoms with Crippen LogP contribution in [0.2, 0.25) is 5.28 Å². The van der Waals surface area contributed by atoms with Gasteiger partial charge in [0.1, 0.15) is 11.9 Å². The highest BCUT2D eigenvalue weighted by Crippen LogP contribution is 2.31. The third kappa shape index (κ3) is 4.21. The topological polar surface area (TPSA) is 52.8 Å². The van der Waals surface area contributed by atoms with E-state index in [0.29, 0.717) is 11.4 Å². The number of alkyl halides is 3. The summed E-state index contributed by atoms with van der Waals surface area (Å²) in [6, 6.07) is 6.97. The number of rotatable bonds is 4. The van der Waals surface area contributed by atoms with Crippen LogP contribution in [0.3, 0.4) is 0 Å². The van der Waals surface area contributed by atoms with E-state index >= 15 is 0 Å². The summed E-state index contributed by atoms with van der Waals surface area (Å²) < 4.78 is 45.6. The number of hydrogen-bond donors (Lipinski definition) is 0. The molecule has 0 N–H and O–H groups in total. The van der Waals surface area contributed by atoms with Gasteiger partial charge < -0.3 is 9.30 Å². The Morgan fingerprint density at radius 2 is 1.81 bits per heavy atom. The van der Waals surface area contributed by atoms with Crippen molar-refractivity contribution in [2.24, 2.45) is 7.05 Å². The first-order valence-electron chi connectivity index (χ1n) is 8.02. The number of nitrogens with zero attached hydrogens (tertiary/aromatic N) is 4. The largest absolute Gasteiger partial charge is 0.469 e. The van der Waals surface area contributed by atoms with Gasteiger partial charge in [-0.15, -0.1) is 0 Å². The maximum Gasteiger partial charge on any atom is 0.434 e. The van der Waals surface area contributed by atoms with Crippen LogP contribution in [0.5, 0.6) is 5.88 Å². The monoisotopic (exact) mass is 396 g/mol. The van der Waals surface area contributed by atoms with E-state index in [1.807, 2.05) is 6.92 Å².